The van der Waals surface area contributed by atoms with Crippen molar-refractivity contribution in [2.75, 3.05) is 24.5 Å². The molecule has 2 aliphatic heterocycles. The van der Waals surface area contributed by atoms with E-state index in [1.807, 2.05) is 18.2 Å². The van der Waals surface area contributed by atoms with Gasteiger partial charge in [0.25, 0.3) is 5.91 Å². The SMILES string of the molecule is O=C(c1cc(S(=O)(=O)N2CC3(CCC3)C2)cs1)N1CC2(CCC(F)(F)CC2)c2cc(Br)ccc21. The number of fused-ring (bicyclic) bond motifs is 2. The number of sulfonamides is 1. The summed E-state index contributed by atoms with van der Waals surface area (Å²) in [7, 11) is -3.61. The summed E-state index contributed by atoms with van der Waals surface area (Å²) in [4.78, 5) is 15.7. The van der Waals surface area contributed by atoms with Crippen LogP contribution in [0.5, 0.6) is 0 Å². The van der Waals surface area contributed by atoms with Crippen molar-refractivity contribution < 1.29 is 22.0 Å². The van der Waals surface area contributed by atoms with Crippen LogP contribution >= 0.6 is 27.3 Å². The summed E-state index contributed by atoms with van der Waals surface area (Å²) in [5.41, 5.74) is 1.32. The molecule has 1 aromatic heterocycles. The molecule has 0 bridgehead atoms. The number of hydrogen-bond donors (Lipinski definition) is 0. The second-order valence-electron chi connectivity index (χ2n) is 10.5. The Kier molecular flexibility index (Phi) is 5.14. The van der Waals surface area contributed by atoms with Crippen molar-refractivity contribution in [3.05, 3.63) is 44.6 Å². The van der Waals surface area contributed by atoms with Gasteiger partial charge >= 0.3 is 0 Å². The third kappa shape index (κ3) is 3.50. The van der Waals surface area contributed by atoms with Gasteiger partial charge in [-0.05, 0) is 60.9 Å². The standard InChI is InChI=1S/C24H25BrF2N2O3S2/c25-16-2-3-19-18(10-16)23(6-8-24(26,27)9-7-23)15-29(19)21(30)20-11-17(12-33-20)34(31,32)28-13-22(14-28)4-1-5-22/h2-3,10-12H,1,4-9,13-15H2. The fourth-order valence-corrected chi connectivity index (χ4v) is 9.29. The van der Waals surface area contributed by atoms with Gasteiger partial charge in [-0.15, -0.1) is 11.3 Å². The number of rotatable bonds is 3. The van der Waals surface area contributed by atoms with E-state index >= 15 is 0 Å². The monoisotopic (exact) mass is 570 g/mol. The molecule has 182 valence electrons. The minimum atomic E-state index is -3.61. The van der Waals surface area contributed by atoms with Gasteiger partial charge in [0.15, 0.2) is 0 Å². The molecule has 1 amide bonds. The molecule has 0 atom stereocenters. The third-order valence-electron chi connectivity index (χ3n) is 8.33. The van der Waals surface area contributed by atoms with Crippen molar-refractivity contribution in [1.82, 2.24) is 4.31 Å². The van der Waals surface area contributed by atoms with Crippen molar-refractivity contribution in [3.8, 4) is 0 Å². The van der Waals surface area contributed by atoms with Gasteiger partial charge in [0.2, 0.25) is 15.9 Å². The van der Waals surface area contributed by atoms with Gasteiger partial charge in [0.05, 0.1) is 9.77 Å². The van der Waals surface area contributed by atoms with Crippen LogP contribution in [0.2, 0.25) is 0 Å². The summed E-state index contributed by atoms with van der Waals surface area (Å²) >= 11 is 4.62. The molecular formula is C24H25BrF2N2O3S2. The van der Waals surface area contributed by atoms with E-state index in [2.05, 4.69) is 15.9 Å². The molecule has 5 nitrogen and oxygen atoms in total. The van der Waals surface area contributed by atoms with E-state index in [1.165, 1.54) is 10.4 Å². The van der Waals surface area contributed by atoms with E-state index in [0.29, 0.717) is 37.4 Å². The summed E-state index contributed by atoms with van der Waals surface area (Å²) in [6, 6.07) is 7.12. The van der Waals surface area contributed by atoms with Crippen LogP contribution in [0.1, 0.15) is 60.2 Å². The molecule has 1 saturated heterocycles. The van der Waals surface area contributed by atoms with Crippen LogP contribution in [0.4, 0.5) is 14.5 Å². The van der Waals surface area contributed by atoms with Crippen LogP contribution in [0.3, 0.4) is 0 Å². The van der Waals surface area contributed by atoms with E-state index in [9.17, 15) is 22.0 Å². The number of amides is 1. The van der Waals surface area contributed by atoms with Crippen molar-refractivity contribution in [2.24, 2.45) is 5.41 Å². The number of carbonyl (C=O) groups is 1. The lowest BCUT2D eigenvalue weighted by Gasteiger charge is -2.54. The summed E-state index contributed by atoms with van der Waals surface area (Å²) in [5, 5.41) is 1.55. The first-order valence-electron chi connectivity index (χ1n) is 11.6. The largest absolute Gasteiger partial charge is 0.306 e. The van der Waals surface area contributed by atoms with Crippen molar-refractivity contribution in [1.29, 1.82) is 0 Å². The maximum absolute atomic E-state index is 14.0. The van der Waals surface area contributed by atoms with Crippen molar-refractivity contribution >= 4 is 48.9 Å². The second kappa shape index (κ2) is 7.57. The first-order valence-corrected chi connectivity index (χ1v) is 14.7. The summed E-state index contributed by atoms with van der Waals surface area (Å²) in [6.07, 6.45) is 3.58. The highest BCUT2D eigenvalue weighted by Crippen LogP contribution is 2.53. The lowest BCUT2D eigenvalue weighted by atomic mass is 9.65. The van der Waals surface area contributed by atoms with Crippen LogP contribution in [-0.4, -0.2) is 44.2 Å². The fourth-order valence-electron chi connectivity index (χ4n) is 6.06. The van der Waals surface area contributed by atoms with Crippen LogP contribution in [0.15, 0.2) is 39.0 Å². The molecule has 2 spiro atoms. The Hall–Kier alpha value is -1.36. The third-order valence-corrected chi connectivity index (χ3v) is 11.7. The number of hydrogen-bond acceptors (Lipinski definition) is 4. The zero-order valence-corrected chi connectivity index (χ0v) is 21.7. The lowest BCUT2D eigenvalue weighted by molar-refractivity contribution is -0.0499. The number of nitrogens with zero attached hydrogens (tertiary/aromatic N) is 2. The molecule has 2 aromatic rings. The van der Waals surface area contributed by atoms with Crippen LogP contribution < -0.4 is 4.90 Å². The number of carbonyl (C=O) groups excluding carboxylic acids is 1. The number of alkyl halides is 2. The van der Waals surface area contributed by atoms with Crippen LogP contribution in [0.25, 0.3) is 0 Å². The van der Waals surface area contributed by atoms with Gasteiger partial charge in [-0.1, -0.05) is 22.4 Å². The molecule has 3 fully saturated rings. The Bertz CT molecular complexity index is 1270. The molecule has 3 heterocycles. The summed E-state index contributed by atoms with van der Waals surface area (Å²) < 4.78 is 56.4. The van der Waals surface area contributed by atoms with Gasteiger partial charge in [0, 0.05) is 53.4 Å². The van der Waals surface area contributed by atoms with Crippen molar-refractivity contribution in [3.63, 3.8) is 0 Å². The smallest absolute Gasteiger partial charge is 0.268 e. The van der Waals surface area contributed by atoms with E-state index in [-0.39, 0.29) is 29.1 Å². The highest BCUT2D eigenvalue weighted by molar-refractivity contribution is 9.10. The number of benzene rings is 1. The molecule has 1 aromatic carbocycles. The molecule has 34 heavy (non-hydrogen) atoms. The molecule has 0 unspecified atom stereocenters. The zero-order chi connectivity index (χ0) is 23.9. The van der Waals surface area contributed by atoms with Gasteiger partial charge < -0.3 is 4.90 Å². The topological polar surface area (TPSA) is 57.7 Å². The Morgan fingerprint density at radius 2 is 1.71 bits per heavy atom. The zero-order valence-electron chi connectivity index (χ0n) is 18.5. The van der Waals surface area contributed by atoms with Crippen molar-refractivity contribution in [2.45, 2.75) is 61.2 Å². The average Bonchev–Trinajstić information content (AvgIpc) is 3.33. The Morgan fingerprint density at radius 1 is 1.00 bits per heavy atom. The molecule has 2 aliphatic carbocycles. The number of anilines is 1. The maximum atomic E-state index is 14.0. The Labute approximate surface area is 210 Å². The maximum Gasteiger partial charge on any atom is 0.268 e. The summed E-state index contributed by atoms with van der Waals surface area (Å²) in [6.45, 7) is 1.47. The van der Waals surface area contributed by atoms with E-state index in [4.69, 9.17) is 0 Å². The quantitative estimate of drug-likeness (QED) is 0.469. The molecule has 0 N–H and O–H groups in total. The minimum absolute atomic E-state index is 0.164. The van der Waals surface area contributed by atoms with Crippen LogP contribution in [-0.2, 0) is 15.4 Å². The highest BCUT2D eigenvalue weighted by atomic mass is 79.9. The first-order chi connectivity index (χ1) is 16.0. The average molecular weight is 572 g/mol. The first kappa shape index (κ1) is 23.1. The van der Waals surface area contributed by atoms with Crippen LogP contribution in [0, 0.1) is 5.41 Å². The van der Waals surface area contributed by atoms with Gasteiger partial charge in [-0.2, -0.15) is 4.31 Å². The summed E-state index contributed by atoms with van der Waals surface area (Å²) in [5.74, 6) is -2.94. The molecule has 10 heteroatoms. The molecule has 0 radical (unpaired) electrons. The number of halogens is 3. The van der Waals surface area contributed by atoms with E-state index in [1.54, 1.807) is 10.3 Å². The predicted octanol–water partition coefficient (Wildman–Crippen LogP) is 5.79. The Balaban J connectivity index is 1.26. The molecule has 4 aliphatic rings. The highest BCUT2D eigenvalue weighted by Gasteiger charge is 2.53. The van der Waals surface area contributed by atoms with Gasteiger partial charge in [0.1, 0.15) is 0 Å². The van der Waals surface area contributed by atoms with E-state index < -0.39 is 21.4 Å². The normalized spacial score (nSPS) is 24.6. The Morgan fingerprint density at radius 3 is 2.35 bits per heavy atom. The molecule has 6 rings (SSSR count). The molecular weight excluding hydrogens is 546 g/mol. The number of thiophene rings is 1. The van der Waals surface area contributed by atoms with E-state index in [0.717, 1.165) is 46.3 Å². The van der Waals surface area contributed by atoms with Gasteiger partial charge in [-0.3, -0.25) is 4.79 Å². The molecule has 2 saturated carbocycles. The second-order valence-corrected chi connectivity index (χ2v) is 14.2. The fraction of sp³-hybridized carbons (Fsp3) is 0.542. The predicted molar refractivity (Wildman–Crippen MR) is 130 cm³/mol. The lowest BCUT2D eigenvalue weighted by Crippen LogP contribution is -2.61. The van der Waals surface area contributed by atoms with Gasteiger partial charge in [-0.25, -0.2) is 17.2 Å². The minimum Gasteiger partial charge on any atom is -0.306 e.